The number of aromatic nitrogens is 2. The van der Waals surface area contributed by atoms with Gasteiger partial charge in [-0.1, -0.05) is 61.9 Å². The summed E-state index contributed by atoms with van der Waals surface area (Å²) >= 11 is 2.92. The van der Waals surface area contributed by atoms with Crippen LogP contribution in [0.4, 0.5) is 10.8 Å². The average Bonchev–Trinajstić information content (AvgIpc) is 3.10. The minimum absolute atomic E-state index is 0.0913. The molecule has 0 saturated heterocycles. The molecule has 1 fully saturated rings. The quantitative estimate of drug-likeness (QED) is 0.675. The monoisotopic (exact) mass is 390 g/mol. The number of thioether (sulfide) groups is 1. The number of nitrogens with one attached hydrogen (secondary N) is 2. The van der Waals surface area contributed by atoms with Gasteiger partial charge < -0.3 is 10.6 Å². The van der Waals surface area contributed by atoms with Crippen LogP contribution in [0.3, 0.4) is 0 Å². The fourth-order valence-corrected chi connectivity index (χ4v) is 4.76. The van der Waals surface area contributed by atoms with Gasteiger partial charge in [0.1, 0.15) is 0 Å². The highest BCUT2D eigenvalue weighted by molar-refractivity contribution is 8.01. The van der Waals surface area contributed by atoms with Gasteiger partial charge in [0.15, 0.2) is 4.34 Å². The van der Waals surface area contributed by atoms with E-state index < -0.39 is 0 Å². The number of hydrogen-bond acceptors (Lipinski definition) is 6. The van der Waals surface area contributed by atoms with Crippen molar-refractivity contribution in [2.24, 2.45) is 5.92 Å². The number of amides is 1. The summed E-state index contributed by atoms with van der Waals surface area (Å²) in [7, 11) is 0. The maximum Gasteiger partial charge on any atom is 0.230 e. The van der Waals surface area contributed by atoms with Crippen LogP contribution in [0.2, 0.25) is 0 Å². The highest BCUT2D eigenvalue weighted by Gasteiger charge is 2.22. The first-order chi connectivity index (χ1) is 12.6. The van der Waals surface area contributed by atoms with Crippen molar-refractivity contribution < 1.29 is 4.79 Å². The number of benzene rings is 1. The van der Waals surface area contributed by atoms with E-state index in [1.807, 2.05) is 12.1 Å². The van der Waals surface area contributed by atoms with Crippen molar-refractivity contribution in [1.29, 1.82) is 0 Å². The topological polar surface area (TPSA) is 66.9 Å². The van der Waals surface area contributed by atoms with Crippen molar-refractivity contribution in [2.45, 2.75) is 56.3 Å². The zero-order chi connectivity index (χ0) is 18.4. The van der Waals surface area contributed by atoms with Crippen molar-refractivity contribution in [1.82, 2.24) is 15.5 Å². The third kappa shape index (κ3) is 5.45. The molecule has 1 aromatic heterocycles. The fraction of sp³-hybridized carbons (Fsp3) is 0.526. The third-order valence-electron chi connectivity index (χ3n) is 4.80. The van der Waals surface area contributed by atoms with Crippen LogP contribution in [0.5, 0.6) is 0 Å². The lowest BCUT2D eigenvalue weighted by Crippen LogP contribution is -2.41. The van der Waals surface area contributed by atoms with E-state index in [1.165, 1.54) is 47.9 Å². The first-order valence-corrected chi connectivity index (χ1v) is 11.1. The van der Waals surface area contributed by atoms with Crippen molar-refractivity contribution >= 4 is 39.8 Å². The van der Waals surface area contributed by atoms with Crippen LogP contribution in [0, 0.1) is 5.92 Å². The summed E-state index contributed by atoms with van der Waals surface area (Å²) in [5, 5.41) is 15.5. The Morgan fingerprint density at radius 1 is 1.23 bits per heavy atom. The first kappa shape index (κ1) is 19.2. The Balaban J connectivity index is 1.46. The van der Waals surface area contributed by atoms with Gasteiger partial charge in [0.25, 0.3) is 0 Å². The second-order valence-corrected chi connectivity index (χ2v) is 8.97. The molecule has 1 aliphatic rings. The second kappa shape index (κ2) is 9.37. The van der Waals surface area contributed by atoms with Crippen molar-refractivity contribution in [3.05, 3.63) is 29.8 Å². The molecule has 1 heterocycles. The molecule has 0 bridgehead atoms. The third-order valence-corrected chi connectivity index (χ3v) is 6.78. The molecule has 2 atom stereocenters. The Bertz CT molecular complexity index is 717. The SMILES string of the molecule is CCc1ccc(Nc2nnc(SCC(=O)N[C@H]3CCCC[C@@H]3C)s2)cc1. The van der Waals surface area contributed by atoms with Gasteiger partial charge in [-0.15, -0.1) is 10.2 Å². The molecule has 7 heteroatoms. The number of nitrogens with zero attached hydrogens (tertiary/aromatic N) is 2. The Morgan fingerprint density at radius 2 is 2.00 bits per heavy atom. The number of aryl methyl sites for hydroxylation is 1. The van der Waals surface area contributed by atoms with Crippen LogP contribution < -0.4 is 10.6 Å². The van der Waals surface area contributed by atoms with Crippen LogP contribution in [0.1, 0.15) is 45.1 Å². The Hall–Kier alpha value is -1.60. The van der Waals surface area contributed by atoms with Crippen LogP contribution in [-0.2, 0) is 11.2 Å². The summed E-state index contributed by atoms with van der Waals surface area (Å²) in [6.45, 7) is 4.37. The molecule has 5 nitrogen and oxygen atoms in total. The first-order valence-electron chi connectivity index (χ1n) is 9.25. The molecule has 1 aromatic carbocycles. The molecule has 26 heavy (non-hydrogen) atoms. The predicted molar refractivity (Wildman–Crippen MR) is 109 cm³/mol. The van der Waals surface area contributed by atoms with Gasteiger partial charge in [-0.3, -0.25) is 4.79 Å². The smallest absolute Gasteiger partial charge is 0.230 e. The molecule has 0 unspecified atom stereocenters. The lowest BCUT2D eigenvalue weighted by atomic mass is 9.86. The lowest BCUT2D eigenvalue weighted by molar-refractivity contribution is -0.119. The van der Waals surface area contributed by atoms with Gasteiger partial charge in [0.2, 0.25) is 11.0 Å². The zero-order valence-corrected chi connectivity index (χ0v) is 17.0. The summed E-state index contributed by atoms with van der Waals surface area (Å²) in [6.07, 6.45) is 5.84. The molecule has 1 aliphatic carbocycles. The molecule has 0 aliphatic heterocycles. The molecule has 1 amide bonds. The molecule has 0 spiro atoms. The lowest BCUT2D eigenvalue weighted by Gasteiger charge is -2.29. The molecule has 140 valence electrons. The summed E-state index contributed by atoms with van der Waals surface area (Å²) < 4.78 is 0.810. The molecule has 3 rings (SSSR count). The number of hydrogen-bond donors (Lipinski definition) is 2. The van der Waals surface area contributed by atoms with Gasteiger partial charge >= 0.3 is 0 Å². The van der Waals surface area contributed by atoms with E-state index in [4.69, 9.17) is 0 Å². The number of carbonyl (C=O) groups excluding carboxylic acids is 1. The summed E-state index contributed by atoms with van der Waals surface area (Å²) in [5.74, 6) is 1.06. The average molecular weight is 391 g/mol. The zero-order valence-electron chi connectivity index (χ0n) is 15.3. The van der Waals surface area contributed by atoms with Crippen molar-refractivity contribution in [2.75, 3.05) is 11.1 Å². The maximum atomic E-state index is 12.2. The van der Waals surface area contributed by atoms with Crippen LogP contribution in [0.15, 0.2) is 28.6 Å². The molecule has 1 saturated carbocycles. The van der Waals surface area contributed by atoms with Crippen LogP contribution in [-0.4, -0.2) is 27.9 Å². The van der Waals surface area contributed by atoms with Crippen molar-refractivity contribution in [3.8, 4) is 0 Å². The number of rotatable bonds is 7. The van der Waals surface area contributed by atoms with Crippen LogP contribution in [0.25, 0.3) is 0 Å². The van der Waals surface area contributed by atoms with Crippen molar-refractivity contribution in [3.63, 3.8) is 0 Å². The van der Waals surface area contributed by atoms with Crippen LogP contribution >= 0.6 is 23.1 Å². The number of anilines is 2. The standard InChI is InChI=1S/C19H26N4OS2/c1-3-14-8-10-15(11-9-14)20-18-22-23-19(26-18)25-12-17(24)21-16-7-5-4-6-13(16)2/h8-11,13,16H,3-7,12H2,1-2H3,(H,20,22)(H,21,24)/t13-,16-/m0/s1. The molecular weight excluding hydrogens is 364 g/mol. The van der Waals surface area contributed by atoms with E-state index >= 15 is 0 Å². The van der Waals surface area contributed by atoms with E-state index in [1.54, 1.807) is 0 Å². The highest BCUT2D eigenvalue weighted by atomic mass is 32.2. The predicted octanol–water partition coefficient (Wildman–Crippen LogP) is 4.63. The van der Waals surface area contributed by atoms with Gasteiger partial charge in [-0.2, -0.15) is 0 Å². The summed E-state index contributed by atoms with van der Waals surface area (Å²) in [4.78, 5) is 12.2. The summed E-state index contributed by atoms with van der Waals surface area (Å²) in [5.41, 5.74) is 2.31. The maximum absolute atomic E-state index is 12.2. The van der Waals surface area contributed by atoms with Gasteiger partial charge in [0.05, 0.1) is 5.75 Å². The second-order valence-electron chi connectivity index (χ2n) is 6.77. The van der Waals surface area contributed by atoms with E-state index in [9.17, 15) is 4.79 Å². The van der Waals surface area contributed by atoms with Gasteiger partial charge in [-0.05, 0) is 42.9 Å². The van der Waals surface area contributed by atoms with Gasteiger partial charge in [0, 0.05) is 11.7 Å². The molecule has 0 radical (unpaired) electrons. The highest BCUT2D eigenvalue weighted by Crippen LogP contribution is 2.28. The summed E-state index contributed by atoms with van der Waals surface area (Å²) in [6, 6.07) is 8.64. The molecular formula is C19H26N4OS2. The van der Waals surface area contributed by atoms with E-state index in [0.29, 0.717) is 17.7 Å². The van der Waals surface area contributed by atoms with E-state index in [0.717, 1.165) is 28.0 Å². The molecule has 2 aromatic rings. The fourth-order valence-electron chi connectivity index (χ4n) is 3.17. The Morgan fingerprint density at radius 3 is 2.73 bits per heavy atom. The van der Waals surface area contributed by atoms with E-state index in [2.05, 4.69) is 46.8 Å². The minimum Gasteiger partial charge on any atom is -0.352 e. The minimum atomic E-state index is 0.0913. The van der Waals surface area contributed by atoms with E-state index in [-0.39, 0.29) is 5.91 Å². The van der Waals surface area contributed by atoms with Gasteiger partial charge in [-0.25, -0.2) is 0 Å². The largest absolute Gasteiger partial charge is 0.352 e. The molecule has 2 N–H and O–H groups in total. The normalized spacial score (nSPS) is 19.9. The Labute approximate surface area is 163 Å². The Kier molecular flexibility index (Phi) is 6.91. The number of carbonyl (C=O) groups is 1.